The summed E-state index contributed by atoms with van der Waals surface area (Å²) >= 11 is 0. The van der Waals surface area contributed by atoms with Crippen LogP contribution < -0.4 is 10.6 Å². The third-order valence-corrected chi connectivity index (χ3v) is 6.69. The minimum absolute atomic E-state index is 0.0198. The summed E-state index contributed by atoms with van der Waals surface area (Å²) in [5.74, 6) is -0.0198. The zero-order valence-corrected chi connectivity index (χ0v) is 18.7. The van der Waals surface area contributed by atoms with Crippen LogP contribution in [0.25, 0.3) is 11.3 Å². The van der Waals surface area contributed by atoms with Gasteiger partial charge in [0.25, 0.3) is 5.91 Å². The zero-order chi connectivity index (χ0) is 22.0. The molecule has 0 spiro atoms. The van der Waals surface area contributed by atoms with E-state index in [0.29, 0.717) is 0 Å². The molecule has 5 rings (SSSR count). The lowest BCUT2D eigenvalue weighted by atomic mass is 9.62. The highest BCUT2D eigenvalue weighted by atomic mass is 16.2. The molecule has 7 heteroatoms. The Labute approximate surface area is 182 Å². The Morgan fingerprint density at radius 1 is 1.26 bits per heavy atom. The maximum absolute atomic E-state index is 13.5. The molecule has 2 atom stereocenters. The van der Waals surface area contributed by atoms with Crippen molar-refractivity contribution in [2.45, 2.75) is 57.7 Å². The predicted octanol–water partition coefficient (Wildman–Crippen LogP) is 3.87. The smallest absolute Gasteiger partial charge is 0.250 e. The van der Waals surface area contributed by atoms with E-state index in [4.69, 9.17) is 0 Å². The van der Waals surface area contributed by atoms with Crippen LogP contribution >= 0.6 is 0 Å². The number of nitrogens with zero attached hydrogens (tertiary/aromatic N) is 4. The second kappa shape index (κ2) is 6.64. The zero-order valence-electron chi connectivity index (χ0n) is 18.7. The Morgan fingerprint density at radius 2 is 2.06 bits per heavy atom. The van der Waals surface area contributed by atoms with Gasteiger partial charge in [0.05, 0.1) is 28.6 Å². The monoisotopic (exact) mass is 416 g/mol. The SMILES string of the molecule is CC[C@@]1(c2cccc(-c3cc(C)nn3C)c2)C2=CN=NC2NC2=C1C(=O)NC(C)(C)C2. The van der Waals surface area contributed by atoms with Crippen LogP contribution in [0.1, 0.15) is 44.9 Å². The van der Waals surface area contributed by atoms with Gasteiger partial charge in [-0.3, -0.25) is 9.48 Å². The second-order valence-electron chi connectivity index (χ2n) is 9.36. The van der Waals surface area contributed by atoms with Gasteiger partial charge in [-0.25, -0.2) is 0 Å². The number of hydrogen-bond donors (Lipinski definition) is 2. The Balaban J connectivity index is 1.74. The van der Waals surface area contributed by atoms with Crippen LogP contribution in [0.3, 0.4) is 0 Å². The van der Waals surface area contributed by atoms with Crippen LogP contribution in [-0.4, -0.2) is 27.4 Å². The number of nitrogens with one attached hydrogen (secondary N) is 2. The second-order valence-corrected chi connectivity index (χ2v) is 9.36. The van der Waals surface area contributed by atoms with Crippen LogP contribution in [0.4, 0.5) is 0 Å². The van der Waals surface area contributed by atoms with Gasteiger partial charge in [-0.05, 0) is 44.9 Å². The number of aromatic nitrogens is 2. The fraction of sp³-hybridized carbons (Fsp3) is 0.417. The van der Waals surface area contributed by atoms with Crippen molar-refractivity contribution in [3.8, 4) is 11.3 Å². The van der Waals surface area contributed by atoms with Crippen molar-refractivity contribution in [1.82, 2.24) is 20.4 Å². The highest BCUT2D eigenvalue weighted by Crippen LogP contribution is 2.51. The van der Waals surface area contributed by atoms with E-state index in [-0.39, 0.29) is 17.6 Å². The molecule has 0 saturated heterocycles. The van der Waals surface area contributed by atoms with Crippen molar-refractivity contribution in [3.63, 3.8) is 0 Å². The van der Waals surface area contributed by atoms with Gasteiger partial charge in [0.2, 0.25) is 0 Å². The van der Waals surface area contributed by atoms with E-state index in [1.807, 2.05) is 24.9 Å². The minimum Gasteiger partial charge on any atom is -0.362 e. The first-order valence-electron chi connectivity index (χ1n) is 10.8. The topological polar surface area (TPSA) is 83.7 Å². The number of amides is 1. The van der Waals surface area contributed by atoms with E-state index < -0.39 is 5.41 Å². The van der Waals surface area contributed by atoms with E-state index in [0.717, 1.165) is 52.2 Å². The minimum atomic E-state index is -0.584. The van der Waals surface area contributed by atoms with Gasteiger partial charge in [0.1, 0.15) is 0 Å². The molecule has 1 amide bonds. The molecule has 3 aliphatic rings. The molecule has 1 aromatic carbocycles. The normalized spacial score (nSPS) is 26.2. The van der Waals surface area contributed by atoms with Gasteiger partial charge >= 0.3 is 0 Å². The Kier molecular flexibility index (Phi) is 4.22. The van der Waals surface area contributed by atoms with Crippen molar-refractivity contribution < 1.29 is 4.79 Å². The van der Waals surface area contributed by atoms with E-state index in [1.54, 1.807) is 0 Å². The third-order valence-electron chi connectivity index (χ3n) is 6.69. The molecule has 1 unspecified atom stereocenters. The summed E-state index contributed by atoms with van der Waals surface area (Å²) in [5.41, 5.74) is 6.09. The van der Waals surface area contributed by atoms with Crippen LogP contribution in [0.15, 0.2) is 63.6 Å². The number of fused-ring (bicyclic) bond motifs is 1. The molecular formula is C24H28N6O. The van der Waals surface area contributed by atoms with Gasteiger partial charge in [0, 0.05) is 35.8 Å². The lowest BCUT2D eigenvalue weighted by Gasteiger charge is -2.48. The van der Waals surface area contributed by atoms with Crippen molar-refractivity contribution in [2.75, 3.05) is 0 Å². The number of carbonyl (C=O) groups excluding carboxylic acids is 1. The fourth-order valence-electron chi connectivity index (χ4n) is 5.43. The van der Waals surface area contributed by atoms with Crippen molar-refractivity contribution >= 4 is 5.91 Å². The molecular weight excluding hydrogens is 388 g/mol. The molecule has 0 radical (unpaired) electrons. The molecule has 0 aliphatic carbocycles. The quantitative estimate of drug-likeness (QED) is 0.797. The van der Waals surface area contributed by atoms with Crippen LogP contribution in [0, 0.1) is 6.92 Å². The van der Waals surface area contributed by atoms with Crippen LogP contribution in [0.5, 0.6) is 0 Å². The average molecular weight is 417 g/mol. The van der Waals surface area contributed by atoms with Crippen LogP contribution in [-0.2, 0) is 17.3 Å². The summed E-state index contributed by atoms with van der Waals surface area (Å²) in [7, 11) is 1.96. The molecule has 7 nitrogen and oxygen atoms in total. The van der Waals surface area contributed by atoms with E-state index in [2.05, 4.69) is 77.1 Å². The third kappa shape index (κ3) is 2.86. The molecule has 0 bridgehead atoms. The van der Waals surface area contributed by atoms with Gasteiger partial charge in [-0.1, -0.05) is 25.1 Å². The lowest BCUT2D eigenvalue weighted by molar-refractivity contribution is -0.120. The summed E-state index contributed by atoms with van der Waals surface area (Å²) in [6.45, 7) is 8.24. The Morgan fingerprint density at radius 3 is 2.77 bits per heavy atom. The molecule has 3 aliphatic heterocycles. The fourth-order valence-corrected chi connectivity index (χ4v) is 5.43. The Hall–Kier alpha value is -3.22. The summed E-state index contributed by atoms with van der Waals surface area (Å²) in [5, 5.41) is 19.9. The molecule has 1 aromatic heterocycles. The molecule has 2 N–H and O–H groups in total. The molecule has 160 valence electrons. The standard InChI is InChI=1S/C24H28N6O/c1-6-24(16-9-7-8-15(11-16)19-10-14(2)29-30(19)5)17-13-25-28-21(17)26-18-12-23(3,4)27-22(31)20(18)24/h7-11,13,21,26H,6,12H2,1-5H3,(H,27,31)/t21?,24-/m1/s1. The first-order valence-corrected chi connectivity index (χ1v) is 10.8. The van der Waals surface area contributed by atoms with Gasteiger partial charge < -0.3 is 10.6 Å². The number of aryl methyl sites for hydroxylation is 2. The Bertz CT molecular complexity index is 1180. The number of benzene rings is 1. The number of rotatable bonds is 3. The average Bonchev–Trinajstić information content (AvgIpc) is 3.31. The van der Waals surface area contributed by atoms with Crippen molar-refractivity contribution in [1.29, 1.82) is 0 Å². The predicted molar refractivity (Wildman–Crippen MR) is 119 cm³/mol. The van der Waals surface area contributed by atoms with E-state index in [9.17, 15) is 4.79 Å². The summed E-state index contributed by atoms with van der Waals surface area (Å²) in [6, 6.07) is 10.6. The highest BCUT2D eigenvalue weighted by Gasteiger charge is 2.53. The maximum Gasteiger partial charge on any atom is 0.250 e. The highest BCUT2D eigenvalue weighted by molar-refractivity contribution is 6.00. The summed E-state index contributed by atoms with van der Waals surface area (Å²) in [6.07, 6.45) is 3.07. The molecule has 0 fully saturated rings. The molecule has 2 aromatic rings. The van der Waals surface area contributed by atoms with E-state index in [1.165, 1.54) is 0 Å². The van der Waals surface area contributed by atoms with Gasteiger partial charge in [-0.15, -0.1) is 0 Å². The number of carbonyl (C=O) groups is 1. The largest absolute Gasteiger partial charge is 0.362 e. The molecule has 0 saturated carbocycles. The summed E-state index contributed by atoms with van der Waals surface area (Å²) in [4.78, 5) is 13.5. The molecule has 4 heterocycles. The van der Waals surface area contributed by atoms with Gasteiger partial charge in [-0.2, -0.15) is 15.3 Å². The maximum atomic E-state index is 13.5. The molecule has 31 heavy (non-hydrogen) atoms. The number of hydrogen-bond acceptors (Lipinski definition) is 5. The summed E-state index contributed by atoms with van der Waals surface area (Å²) < 4.78 is 1.90. The van der Waals surface area contributed by atoms with E-state index >= 15 is 0 Å². The number of azo groups is 1. The first-order chi connectivity index (χ1) is 14.7. The van der Waals surface area contributed by atoms with Crippen molar-refractivity contribution in [3.05, 3.63) is 64.6 Å². The lowest BCUT2D eigenvalue weighted by Crippen LogP contribution is -2.58. The van der Waals surface area contributed by atoms with Crippen molar-refractivity contribution in [2.24, 2.45) is 17.3 Å². The van der Waals surface area contributed by atoms with Gasteiger partial charge in [0.15, 0.2) is 6.17 Å². The first kappa shape index (κ1) is 19.7. The van der Waals surface area contributed by atoms with Crippen LogP contribution in [0.2, 0.25) is 0 Å².